The van der Waals surface area contributed by atoms with Gasteiger partial charge in [0.05, 0.1) is 0 Å². The van der Waals surface area contributed by atoms with Crippen LogP contribution in [-0.4, -0.2) is 7.05 Å². The van der Waals surface area contributed by atoms with E-state index in [9.17, 15) is 0 Å². The van der Waals surface area contributed by atoms with Crippen molar-refractivity contribution in [2.75, 3.05) is 7.05 Å². The molecule has 2 heteroatoms. The van der Waals surface area contributed by atoms with E-state index >= 15 is 0 Å². The summed E-state index contributed by atoms with van der Waals surface area (Å²) in [5.74, 6) is 0. The number of benzene rings is 2. The molecule has 0 radical (unpaired) electrons. The van der Waals surface area contributed by atoms with Crippen LogP contribution in [0.5, 0.6) is 0 Å². The summed E-state index contributed by atoms with van der Waals surface area (Å²) in [5.41, 5.74) is 5.71. The molecule has 0 saturated heterocycles. The molecule has 4 rings (SSSR count). The fourth-order valence-corrected chi connectivity index (χ4v) is 4.24. The maximum Gasteiger partial charge on any atom is 0.0421 e. The van der Waals surface area contributed by atoms with Crippen LogP contribution in [0, 0.1) is 0 Å². The van der Waals surface area contributed by atoms with Gasteiger partial charge in [-0.1, -0.05) is 36.4 Å². The zero-order valence-electron chi connectivity index (χ0n) is 11.5. The fraction of sp³-hybridized carbons (Fsp3) is 0.222. The number of thiophene rings is 1. The molecule has 3 aromatic rings. The van der Waals surface area contributed by atoms with Gasteiger partial charge in [-0.05, 0) is 59.0 Å². The monoisotopic (exact) mass is 279 g/mol. The van der Waals surface area contributed by atoms with Crippen molar-refractivity contribution in [1.29, 1.82) is 0 Å². The minimum Gasteiger partial charge on any atom is -0.313 e. The number of hydrogen-bond donors (Lipinski definition) is 1. The zero-order chi connectivity index (χ0) is 13.5. The van der Waals surface area contributed by atoms with E-state index in [1.807, 2.05) is 11.3 Å². The van der Waals surface area contributed by atoms with Gasteiger partial charge in [0.15, 0.2) is 0 Å². The van der Waals surface area contributed by atoms with Crippen molar-refractivity contribution in [2.45, 2.75) is 18.9 Å². The van der Waals surface area contributed by atoms with Gasteiger partial charge in [0.25, 0.3) is 0 Å². The van der Waals surface area contributed by atoms with Crippen LogP contribution in [0.4, 0.5) is 0 Å². The number of fused-ring (bicyclic) bond motifs is 2. The quantitative estimate of drug-likeness (QED) is 0.712. The number of nitrogens with one attached hydrogen (secondary N) is 1. The molecule has 1 heterocycles. The van der Waals surface area contributed by atoms with Crippen molar-refractivity contribution >= 4 is 21.4 Å². The molecule has 0 amide bonds. The molecule has 0 spiro atoms. The first-order valence-corrected chi connectivity index (χ1v) is 8.01. The average molecular weight is 279 g/mol. The van der Waals surface area contributed by atoms with E-state index in [1.54, 1.807) is 0 Å². The van der Waals surface area contributed by atoms with Crippen molar-refractivity contribution in [1.82, 2.24) is 5.32 Å². The summed E-state index contributed by atoms with van der Waals surface area (Å²) >= 11 is 1.83. The normalized spacial score (nSPS) is 17.6. The number of rotatable bonds is 2. The molecule has 1 aromatic heterocycles. The standard InChI is InChI=1S/C18H17NS/c1-19-17-8-6-13-11-14(5-7-15(13)17)16-4-2-3-12-9-10-20-18(12)16/h2-5,7,9-11,17,19H,6,8H2,1H3. The molecule has 1 nitrogen and oxygen atoms in total. The lowest BCUT2D eigenvalue weighted by Crippen LogP contribution is -2.12. The van der Waals surface area contributed by atoms with Crippen LogP contribution >= 0.6 is 11.3 Å². The first-order chi connectivity index (χ1) is 9.86. The van der Waals surface area contributed by atoms with Gasteiger partial charge in [-0.3, -0.25) is 0 Å². The molecule has 0 aliphatic heterocycles. The Bertz CT molecular complexity index is 772. The Morgan fingerprint density at radius 1 is 1.15 bits per heavy atom. The van der Waals surface area contributed by atoms with Crippen molar-refractivity contribution in [2.24, 2.45) is 0 Å². The van der Waals surface area contributed by atoms with E-state index < -0.39 is 0 Å². The Morgan fingerprint density at radius 2 is 2.10 bits per heavy atom. The minimum absolute atomic E-state index is 0.539. The lowest BCUT2D eigenvalue weighted by molar-refractivity contribution is 0.590. The van der Waals surface area contributed by atoms with Gasteiger partial charge in [0.2, 0.25) is 0 Å². The summed E-state index contributed by atoms with van der Waals surface area (Å²) in [7, 11) is 2.06. The molecule has 0 fully saturated rings. The smallest absolute Gasteiger partial charge is 0.0421 e. The molecule has 0 saturated carbocycles. The molecule has 1 atom stereocenters. The van der Waals surface area contributed by atoms with E-state index in [1.165, 1.54) is 45.2 Å². The van der Waals surface area contributed by atoms with Crippen molar-refractivity contribution < 1.29 is 0 Å². The second kappa shape index (κ2) is 4.72. The number of aryl methyl sites for hydroxylation is 1. The SMILES string of the molecule is CNC1CCc2cc(-c3cccc4ccsc34)ccc21. The van der Waals surface area contributed by atoms with Crippen molar-refractivity contribution in [3.63, 3.8) is 0 Å². The van der Waals surface area contributed by atoms with Crippen LogP contribution in [0.2, 0.25) is 0 Å². The molecular weight excluding hydrogens is 262 g/mol. The lowest BCUT2D eigenvalue weighted by Gasteiger charge is -2.11. The van der Waals surface area contributed by atoms with Crippen LogP contribution in [0.3, 0.4) is 0 Å². The van der Waals surface area contributed by atoms with Gasteiger partial charge in [-0.15, -0.1) is 11.3 Å². The lowest BCUT2D eigenvalue weighted by atomic mass is 9.99. The molecule has 1 unspecified atom stereocenters. The Labute approximate surface area is 123 Å². The maximum atomic E-state index is 3.41. The van der Waals surface area contributed by atoms with Crippen LogP contribution in [0.15, 0.2) is 47.8 Å². The van der Waals surface area contributed by atoms with Gasteiger partial charge in [0, 0.05) is 10.7 Å². The molecular formula is C18H17NS. The third-order valence-corrected chi connectivity index (χ3v) is 5.32. The van der Waals surface area contributed by atoms with Gasteiger partial charge < -0.3 is 5.32 Å². The highest BCUT2D eigenvalue weighted by atomic mass is 32.1. The highest BCUT2D eigenvalue weighted by Gasteiger charge is 2.21. The molecule has 0 bridgehead atoms. The summed E-state index contributed by atoms with van der Waals surface area (Å²) < 4.78 is 1.40. The summed E-state index contributed by atoms with van der Waals surface area (Å²) in [6.07, 6.45) is 2.41. The van der Waals surface area contributed by atoms with Crippen LogP contribution in [0.1, 0.15) is 23.6 Å². The summed E-state index contributed by atoms with van der Waals surface area (Å²) in [5, 5.41) is 6.93. The van der Waals surface area contributed by atoms with Crippen molar-refractivity contribution in [3.05, 3.63) is 59.0 Å². The molecule has 1 N–H and O–H groups in total. The maximum absolute atomic E-state index is 3.41. The van der Waals surface area contributed by atoms with E-state index in [-0.39, 0.29) is 0 Å². The average Bonchev–Trinajstić information content (AvgIpc) is 3.12. The van der Waals surface area contributed by atoms with E-state index in [2.05, 4.69) is 60.2 Å². The first kappa shape index (κ1) is 12.1. The van der Waals surface area contributed by atoms with Gasteiger partial charge in [-0.25, -0.2) is 0 Å². The largest absolute Gasteiger partial charge is 0.313 e. The highest BCUT2D eigenvalue weighted by molar-refractivity contribution is 7.17. The Hall–Kier alpha value is -1.64. The second-order valence-electron chi connectivity index (χ2n) is 5.44. The third kappa shape index (κ3) is 1.80. The third-order valence-electron chi connectivity index (χ3n) is 4.36. The topological polar surface area (TPSA) is 12.0 Å². The summed E-state index contributed by atoms with van der Waals surface area (Å²) in [6.45, 7) is 0. The van der Waals surface area contributed by atoms with Crippen LogP contribution < -0.4 is 5.32 Å². The molecule has 1 aliphatic carbocycles. The predicted molar refractivity (Wildman–Crippen MR) is 87.4 cm³/mol. The predicted octanol–water partition coefficient (Wildman–Crippen LogP) is 4.78. The summed E-state index contributed by atoms with van der Waals surface area (Å²) in [4.78, 5) is 0. The van der Waals surface area contributed by atoms with Crippen molar-refractivity contribution in [3.8, 4) is 11.1 Å². The van der Waals surface area contributed by atoms with E-state index in [4.69, 9.17) is 0 Å². The Morgan fingerprint density at radius 3 is 3.00 bits per heavy atom. The Kier molecular flexibility index (Phi) is 2.86. The van der Waals surface area contributed by atoms with Crippen LogP contribution in [-0.2, 0) is 6.42 Å². The zero-order valence-corrected chi connectivity index (χ0v) is 12.3. The molecule has 20 heavy (non-hydrogen) atoms. The van der Waals surface area contributed by atoms with Gasteiger partial charge in [-0.2, -0.15) is 0 Å². The first-order valence-electron chi connectivity index (χ1n) is 7.13. The van der Waals surface area contributed by atoms with E-state index in [0.29, 0.717) is 6.04 Å². The second-order valence-corrected chi connectivity index (χ2v) is 6.35. The molecule has 1 aliphatic rings. The van der Waals surface area contributed by atoms with Gasteiger partial charge in [0.1, 0.15) is 0 Å². The highest BCUT2D eigenvalue weighted by Crippen LogP contribution is 2.37. The molecule has 2 aromatic carbocycles. The fourth-order valence-electron chi connectivity index (χ4n) is 3.31. The van der Waals surface area contributed by atoms with Crippen LogP contribution in [0.25, 0.3) is 21.2 Å². The Balaban J connectivity index is 1.86. The molecule has 100 valence electrons. The minimum atomic E-state index is 0.539. The van der Waals surface area contributed by atoms with E-state index in [0.717, 1.165) is 0 Å². The summed E-state index contributed by atoms with van der Waals surface area (Å²) in [6, 6.07) is 16.3. The number of hydrogen-bond acceptors (Lipinski definition) is 2. The van der Waals surface area contributed by atoms with Gasteiger partial charge >= 0.3 is 0 Å².